The van der Waals surface area contributed by atoms with Crippen molar-refractivity contribution in [1.29, 1.82) is 0 Å². The van der Waals surface area contributed by atoms with Gasteiger partial charge in [-0.25, -0.2) is 9.59 Å². The van der Waals surface area contributed by atoms with Crippen molar-refractivity contribution in [1.82, 2.24) is 5.32 Å². The summed E-state index contributed by atoms with van der Waals surface area (Å²) in [5, 5.41) is 2.59. The van der Waals surface area contributed by atoms with Crippen LogP contribution in [0.1, 0.15) is 31.1 Å². The molecule has 1 rings (SSSR count). The summed E-state index contributed by atoms with van der Waals surface area (Å²) in [6, 6.07) is 8.74. The van der Waals surface area contributed by atoms with E-state index in [2.05, 4.69) is 11.9 Å². The Labute approximate surface area is 137 Å². The first kappa shape index (κ1) is 18.5. The van der Waals surface area contributed by atoms with Gasteiger partial charge in [-0.3, -0.25) is 0 Å². The van der Waals surface area contributed by atoms with Crippen LogP contribution in [-0.4, -0.2) is 30.8 Å². The van der Waals surface area contributed by atoms with Gasteiger partial charge >= 0.3 is 12.1 Å². The van der Waals surface area contributed by atoms with Crippen LogP contribution in [0.15, 0.2) is 54.6 Å². The highest BCUT2D eigenvalue weighted by Gasteiger charge is 2.14. The van der Waals surface area contributed by atoms with Crippen LogP contribution in [0.4, 0.5) is 4.79 Å². The zero-order valence-corrected chi connectivity index (χ0v) is 13.8. The van der Waals surface area contributed by atoms with Crippen molar-refractivity contribution in [2.45, 2.75) is 26.4 Å². The molecule has 1 N–H and O–H groups in total. The first-order valence-corrected chi connectivity index (χ1v) is 7.31. The molecule has 0 bridgehead atoms. The fraction of sp³-hybridized carbons (Fsp3) is 0.333. The van der Waals surface area contributed by atoms with Gasteiger partial charge in [0.25, 0.3) is 0 Å². The summed E-state index contributed by atoms with van der Waals surface area (Å²) in [5.74, 6) is -0.396. The molecule has 0 radical (unpaired) electrons. The van der Waals surface area contributed by atoms with Crippen molar-refractivity contribution in [3.63, 3.8) is 0 Å². The van der Waals surface area contributed by atoms with E-state index in [1.54, 1.807) is 57.2 Å². The zero-order valence-electron chi connectivity index (χ0n) is 13.8. The number of carbonyl (C=O) groups is 2. The zero-order chi connectivity index (χ0) is 17.3. The molecule has 0 saturated heterocycles. The first-order chi connectivity index (χ1) is 10.8. The summed E-state index contributed by atoms with van der Waals surface area (Å²) in [5.41, 5.74) is 0.597. The molecule has 0 saturated carbocycles. The third-order valence-corrected chi connectivity index (χ3v) is 2.51. The summed E-state index contributed by atoms with van der Waals surface area (Å²) in [4.78, 5) is 23.2. The standard InChI is InChI=1S/C18H23NO4/c1-14(9-8-12-19-17(21)23-18(2,3)4)13-22-16(20)15-10-6-5-7-11-15/h5-11H,1,12-13H2,2-4H3,(H,19,21)/b9-8+. The van der Waals surface area contributed by atoms with E-state index in [0.29, 0.717) is 17.7 Å². The summed E-state index contributed by atoms with van der Waals surface area (Å²) in [6.45, 7) is 9.58. The summed E-state index contributed by atoms with van der Waals surface area (Å²) in [7, 11) is 0. The summed E-state index contributed by atoms with van der Waals surface area (Å²) < 4.78 is 10.2. The van der Waals surface area contributed by atoms with Crippen molar-refractivity contribution in [2.75, 3.05) is 13.2 Å². The Morgan fingerprint density at radius 1 is 1.22 bits per heavy atom. The smallest absolute Gasteiger partial charge is 0.407 e. The number of hydrogen-bond donors (Lipinski definition) is 1. The second-order valence-corrected chi connectivity index (χ2v) is 5.89. The fourth-order valence-electron chi connectivity index (χ4n) is 1.55. The molecule has 0 aliphatic heterocycles. The monoisotopic (exact) mass is 317 g/mol. The topological polar surface area (TPSA) is 64.6 Å². The molecule has 1 aromatic carbocycles. The second kappa shape index (κ2) is 8.78. The number of ether oxygens (including phenoxy) is 2. The van der Waals surface area contributed by atoms with Crippen LogP contribution in [0.2, 0.25) is 0 Å². The minimum atomic E-state index is -0.525. The van der Waals surface area contributed by atoms with E-state index in [1.807, 2.05) is 6.07 Å². The van der Waals surface area contributed by atoms with Crippen LogP contribution in [0.25, 0.3) is 0 Å². The van der Waals surface area contributed by atoms with Crippen LogP contribution in [-0.2, 0) is 9.47 Å². The number of esters is 1. The maximum absolute atomic E-state index is 11.7. The lowest BCUT2D eigenvalue weighted by Gasteiger charge is -2.19. The Balaban J connectivity index is 2.26. The highest BCUT2D eigenvalue weighted by atomic mass is 16.6. The fourth-order valence-corrected chi connectivity index (χ4v) is 1.55. The Morgan fingerprint density at radius 3 is 2.48 bits per heavy atom. The molecule has 1 aromatic rings. The predicted molar refractivity (Wildman–Crippen MR) is 89.2 cm³/mol. The van der Waals surface area contributed by atoms with Crippen LogP contribution >= 0.6 is 0 Å². The molecule has 0 atom stereocenters. The van der Waals surface area contributed by atoms with Gasteiger partial charge in [-0.05, 0) is 38.5 Å². The SMILES string of the molecule is C=C(/C=C/CNC(=O)OC(C)(C)C)COC(=O)c1ccccc1. The van der Waals surface area contributed by atoms with Gasteiger partial charge in [-0.15, -0.1) is 0 Å². The summed E-state index contributed by atoms with van der Waals surface area (Å²) >= 11 is 0. The van der Waals surface area contributed by atoms with Gasteiger partial charge in [0.05, 0.1) is 5.56 Å². The Kier molecular flexibility index (Phi) is 7.06. The van der Waals surface area contributed by atoms with E-state index in [1.165, 1.54) is 0 Å². The lowest BCUT2D eigenvalue weighted by atomic mass is 10.2. The van der Waals surface area contributed by atoms with Gasteiger partial charge in [0, 0.05) is 6.54 Å². The van der Waals surface area contributed by atoms with Gasteiger partial charge in [-0.2, -0.15) is 0 Å². The van der Waals surface area contributed by atoms with Crippen molar-refractivity contribution in [3.05, 3.63) is 60.2 Å². The highest BCUT2D eigenvalue weighted by molar-refractivity contribution is 5.89. The molecule has 1 amide bonds. The number of alkyl carbamates (subject to hydrolysis) is 1. The number of rotatable bonds is 6. The van der Waals surface area contributed by atoms with Gasteiger partial charge in [0.1, 0.15) is 12.2 Å². The maximum Gasteiger partial charge on any atom is 0.407 e. The second-order valence-electron chi connectivity index (χ2n) is 5.89. The Hall–Kier alpha value is -2.56. The number of benzene rings is 1. The van der Waals surface area contributed by atoms with E-state index in [-0.39, 0.29) is 6.61 Å². The van der Waals surface area contributed by atoms with Crippen molar-refractivity contribution < 1.29 is 19.1 Å². The minimum absolute atomic E-state index is 0.0939. The van der Waals surface area contributed by atoms with E-state index in [9.17, 15) is 9.59 Å². The number of hydrogen-bond acceptors (Lipinski definition) is 4. The molecule has 124 valence electrons. The van der Waals surface area contributed by atoms with Gasteiger partial charge in [0.15, 0.2) is 0 Å². The third kappa shape index (κ3) is 8.46. The Morgan fingerprint density at radius 2 is 1.87 bits per heavy atom. The molecule has 0 aromatic heterocycles. The largest absolute Gasteiger partial charge is 0.457 e. The van der Waals surface area contributed by atoms with E-state index in [0.717, 1.165) is 0 Å². The van der Waals surface area contributed by atoms with Crippen molar-refractivity contribution in [3.8, 4) is 0 Å². The Bertz CT molecular complexity index is 570. The first-order valence-electron chi connectivity index (χ1n) is 7.31. The van der Waals surface area contributed by atoms with E-state index < -0.39 is 17.7 Å². The molecular formula is C18H23NO4. The molecule has 5 heteroatoms. The van der Waals surface area contributed by atoms with Gasteiger partial charge < -0.3 is 14.8 Å². The molecule has 0 heterocycles. The average molecular weight is 317 g/mol. The number of nitrogens with one attached hydrogen (secondary N) is 1. The molecule has 0 fully saturated rings. The number of amides is 1. The van der Waals surface area contributed by atoms with Crippen LogP contribution in [0, 0.1) is 0 Å². The highest BCUT2D eigenvalue weighted by Crippen LogP contribution is 2.06. The van der Waals surface area contributed by atoms with Gasteiger partial charge in [0.2, 0.25) is 0 Å². The molecule has 0 unspecified atom stereocenters. The average Bonchev–Trinajstić information content (AvgIpc) is 2.48. The molecular weight excluding hydrogens is 294 g/mol. The van der Waals surface area contributed by atoms with Crippen LogP contribution in [0.5, 0.6) is 0 Å². The molecule has 5 nitrogen and oxygen atoms in total. The molecule has 0 aliphatic carbocycles. The van der Waals surface area contributed by atoms with E-state index >= 15 is 0 Å². The minimum Gasteiger partial charge on any atom is -0.457 e. The molecule has 23 heavy (non-hydrogen) atoms. The molecule has 0 spiro atoms. The normalized spacial score (nSPS) is 11.1. The lowest BCUT2D eigenvalue weighted by Crippen LogP contribution is -2.32. The van der Waals surface area contributed by atoms with Crippen LogP contribution in [0.3, 0.4) is 0 Å². The van der Waals surface area contributed by atoms with Crippen molar-refractivity contribution in [2.24, 2.45) is 0 Å². The molecule has 0 aliphatic rings. The van der Waals surface area contributed by atoms with Crippen molar-refractivity contribution >= 4 is 12.1 Å². The lowest BCUT2D eigenvalue weighted by molar-refractivity contribution is 0.0529. The summed E-state index contributed by atoms with van der Waals surface area (Å²) in [6.07, 6.45) is 2.92. The van der Waals surface area contributed by atoms with Gasteiger partial charge in [-0.1, -0.05) is 36.9 Å². The maximum atomic E-state index is 11.7. The predicted octanol–water partition coefficient (Wildman–Crippen LogP) is 3.48. The number of carbonyl (C=O) groups excluding carboxylic acids is 2. The van der Waals surface area contributed by atoms with E-state index in [4.69, 9.17) is 9.47 Å². The van der Waals surface area contributed by atoms with Crippen LogP contribution < -0.4 is 5.32 Å². The quantitative estimate of drug-likeness (QED) is 0.644. The third-order valence-electron chi connectivity index (χ3n) is 2.51.